The summed E-state index contributed by atoms with van der Waals surface area (Å²) < 4.78 is 0. The first-order chi connectivity index (χ1) is 8.22. The number of carbonyl (C=O) groups excluding carboxylic acids is 1. The fraction of sp³-hybridized carbons (Fsp3) is 0.400. The van der Waals surface area contributed by atoms with Gasteiger partial charge in [-0.1, -0.05) is 0 Å². The Kier molecular flexibility index (Phi) is 2.40. The molecular weight excluding hydrogens is 238 g/mol. The second-order valence-electron chi connectivity index (χ2n) is 4.05. The van der Waals surface area contributed by atoms with Crippen LogP contribution in [-0.2, 0) is 0 Å². The molecule has 0 unspecified atom stereocenters. The van der Waals surface area contributed by atoms with Gasteiger partial charge in [-0.2, -0.15) is 0 Å². The van der Waals surface area contributed by atoms with Gasteiger partial charge >= 0.3 is 0 Å². The second-order valence-corrected chi connectivity index (χ2v) is 4.91. The van der Waals surface area contributed by atoms with E-state index >= 15 is 0 Å². The molecule has 1 amide bonds. The summed E-state index contributed by atoms with van der Waals surface area (Å²) in [6, 6.07) is 0. The summed E-state index contributed by atoms with van der Waals surface area (Å²) in [6.07, 6.45) is 2.41. The summed E-state index contributed by atoms with van der Waals surface area (Å²) in [5.74, 6) is 1.03. The van der Waals surface area contributed by atoms with E-state index in [0.717, 1.165) is 5.69 Å². The highest BCUT2D eigenvalue weighted by atomic mass is 32.1. The number of hydrogen-bond donors (Lipinski definition) is 2. The number of amides is 1. The van der Waals surface area contributed by atoms with Crippen molar-refractivity contribution in [1.82, 2.24) is 20.2 Å². The standard InChI is InChI=1S/C10H11N5OS/c1-5-11-8(15-14-5)9(16)13-10-12-7(4-17-10)6-2-3-6/h4,6H,2-3H2,1H3,(H,11,14,15)(H,12,13,16). The lowest BCUT2D eigenvalue weighted by atomic mass is 10.3. The molecule has 1 saturated carbocycles. The molecule has 88 valence electrons. The van der Waals surface area contributed by atoms with Gasteiger partial charge in [0.15, 0.2) is 5.13 Å². The molecule has 3 rings (SSSR count). The van der Waals surface area contributed by atoms with Crippen molar-refractivity contribution in [2.24, 2.45) is 0 Å². The number of nitrogens with zero attached hydrogens (tertiary/aromatic N) is 3. The lowest BCUT2D eigenvalue weighted by Gasteiger charge is -1.95. The van der Waals surface area contributed by atoms with E-state index in [9.17, 15) is 4.79 Å². The van der Waals surface area contributed by atoms with Crippen LogP contribution in [0.15, 0.2) is 5.38 Å². The lowest BCUT2D eigenvalue weighted by Crippen LogP contribution is -2.13. The maximum absolute atomic E-state index is 11.7. The Morgan fingerprint density at radius 3 is 3.00 bits per heavy atom. The highest BCUT2D eigenvalue weighted by Gasteiger charge is 2.26. The van der Waals surface area contributed by atoms with Crippen LogP contribution in [-0.4, -0.2) is 26.1 Å². The van der Waals surface area contributed by atoms with E-state index in [-0.39, 0.29) is 11.7 Å². The van der Waals surface area contributed by atoms with Crippen LogP contribution in [0, 0.1) is 6.92 Å². The predicted molar refractivity (Wildman–Crippen MR) is 63.2 cm³/mol. The minimum atomic E-state index is -0.328. The van der Waals surface area contributed by atoms with E-state index < -0.39 is 0 Å². The van der Waals surface area contributed by atoms with E-state index in [1.807, 2.05) is 5.38 Å². The van der Waals surface area contributed by atoms with Crippen LogP contribution in [0.1, 0.15) is 40.9 Å². The van der Waals surface area contributed by atoms with Crippen LogP contribution < -0.4 is 5.32 Å². The molecule has 2 heterocycles. The number of aromatic nitrogens is 4. The molecule has 0 spiro atoms. The van der Waals surface area contributed by atoms with Crippen LogP contribution in [0.25, 0.3) is 0 Å². The van der Waals surface area contributed by atoms with Gasteiger partial charge in [-0.15, -0.1) is 16.4 Å². The summed E-state index contributed by atoms with van der Waals surface area (Å²) >= 11 is 1.44. The van der Waals surface area contributed by atoms with Crippen LogP contribution in [0.5, 0.6) is 0 Å². The Morgan fingerprint density at radius 2 is 2.35 bits per heavy atom. The molecule has 2 aromatic heterocycles. The SMILES string of the molecule is Cc1nc(C(=O)Nc2nc(C3CC3)cs2)n[nH]1. The second kappa shape index (κ2) is 3.92. The van der Waals surface area contributed by atoms with E-state index in [1.165, 1.54) is 24.2 Å². The summed E-state index contributed by atoms with van der Waals surface area (Å²) in [5, 5.41) is 11.7. The molecule has 2 N–H and O–H groups in total. The number of rotatable bonds is 3. The van der Waals surface area contributed by atoms with Crippen molar-refractivity contribution in [3.8, 4) is 0 Å². The Balaban J connectivity index is 1.71. The smallest absolute Gasteiger partial charge is 0.295 e. The molecule has 2 aromatic rings. The monoisotopic (exact) mass is 249 g/mol. The number of aromatic amines is 1. The molecule has 17 heavy (non-hydrogen) atoms. The van der Waals surface area contributed by atoms with Gasteiger partial charge in [-0.05, 0) is 19.8 Å². The molecule has 1 aliphatic carbocycles. The molecular formula is C10H11N5OS. The van der Waals surface area contributed by atoms with E-state index in [1.54, 1.807) is 6.92 Å². The zero-order valence-corrected chi connectivity index (χ0v) is 10.0. The van der Waals surface area contributed by atoms with Crippen molar-refractivity contribution >= 4 is 22.4 Å². The van der Waals surface area contributed by atoms with Crippen molar-refractivity contribution in [3.63, 3.8) is 0 Å². The minimum Gasteiger partial charge on any atom is -0.295 e. The number of nitrogens with one attached hydrogen (secondary N) is 2. The number of H-pyrrole nitrogens is 1. The Bertz CT molecular complexity index is 557. The maximum Gasteiger partial charge on any atom is 0.297 e. The van der Waals surface area contributed by atoms with E-state index in [4.69, 9.17) is 0 Å². The highest BCUT2D eigenvalue weighted by molar-refractivity contribution is 7.14. The van der Waals surface area contributed by atoms with Gasteiger partial charge in [0.05, 0.1) is 5.69 Å². The highest BCUT2D eigenvalue weighted by Crippen LogP contribution is 2.40. The average Bonchev–Trinajstić information content (AvgIpc) is 2.90. The molecule has 0 aromatic carbocycles. The van der Waals surface area contributed by atoms with Crippen molar-refractivity contribution in [2.75, 3.05) is 5.32 Å². The van der Waals surface area contributed by atoms with Gasteiger partial charge in [0.25, 0.3) is 5.91 Å². The third kappa shape index (κ3) is 2.19. The number of carbonyl (C=O) groups is 1. The zero-order valence-electron chi connectivity index (χ0n) is 9.23. The Labute approximate surface area is 101 Å². The average molecular weight is 249 g/mol. The summed E-state index contributed by atoms with van der Waals surface area (Å²) in [4.78, 5) is 20.1. The molecule has 7 heteroatoms. The van der Waals surface area contributed by atoms with Gasteiger partial charge in [-0.3, -0.25) is 15.2 Å². The first-order valence-corrected chi connectivity index (χ1v) is 6.26. The minimum absolute atomic E-state index is 0.144. The largest absolute Gasteiger partial charge is 0.297 e. The Morgan fingerprint density at radius 1 is 1.53 bits per heavy atom. The van der Waals surface area contributed by atoms with Crippen molar-refractivity contribution in [1.29, 1.82) is 0 Å². The van der Waals surface area contributed by atoms with E-state index in [2.05, 4.69) is 25.5 Å². The first kappa shape index (κ1) is 10.4. The zero-order chi connectivity index (χ0) is 11.8. The normalized spacial score (nSPS) is 14.9. The lowest BCUT2D eigenvalue weighted by molar-refractivity contribution is 0.101. The third-order valence-corrected chi connectivity index (χ3v) is 3.31. The van der Waals surface area contributed by atoms with Gasteiger partial charge in [-0.25, -0.2) is 9.97 Å². The molecule has 1 fully saturated rings. The van der Waals surface area contributed by atoms with Gasteiger partial charge in [0, 0.05) is 11.3 Å². The topological polar surface area (TPSA) is 83.6 Å². The van der Waals surface area contributed by atoms with Crippen LogP contribution in [0.3, 0.4) is 0 Å². The fourth-order valence-corrected chi connectivity index (χ4v) is 2.29. The molecule has 1 aliphatic rings. The summed E-state index contributed by atoms with van der Waals surface area (Å²) in [6.45, 7) is 1.75. The number of anilines is 1. The van der Waals surface area contributed by atoms with Crippen LogP contribution >= 0.6 is 11.3 Å². The van der Waals surface area contributed by atoms with Crippen LogP contribution in [0.2, 0.25) is 0 Å². The summed E-state index contributed by atoms with van der Waals surface area (Å²) in [7, 11) is 0. The van der Waals surface area contributed by atoms with Crippen molar-refractivity contribution in [3.05, 3.63) is 22.7 Å². The molecule has 0 atom stereocenters. The molecule has 6 nitrogen and oxygen atoms in total. The number of thiazole rings is 1. The number of hydrogen-bond acceptors (Lipinski definition) is 5. The van der Waals surface area contributed by atoms with E-state index in [0.29, 0.717) is 16.9 Å². The maximum atomic E-state index is 11.7. The molecule has 0 bridgehead atoms. The van der Waals surface area contributed by atoms with Crippen molar-refractivity contribution in [2.45, 2.75) is 25.7 Å². The molecule has 0 radical (unpaired) electrons. The predicted octanol–water partition coefficient (Wildman–Crippen LogP) is 1.70. The quantitative estimate of drug-likeness (QED) is 0.867. The molecule has 0 aliphatic heterocycles. The molecule has 0 saturated heterocycles. The van der Waals surface area contributed by atoms with Gasteiger partial charge < -0.3 is 0 Å². The summed E-state index contributed by atoms with van der Waals surface area (Å²) in [5.41, 5.74) is 1.08. The fourth-order valence-electron chi connectivity index (χ4n) is 1.51. The Hall–Kier alpha value is -1.76. The van der Waals surface area contributed by atoms with Gasteiger partial charge in [0.1, 0.15) is 5.82 Å². The van der Waals surface area contributed by atoms with Gasteiger partial charge in [0.2, 0.25) is 5.82 Å². The van der Waals surface area contributed by atoms with Crippen LogP contribution in [0.4, 0.5) is 5.13 Å². The third-order valence-electron chi connectivity index (χ3n) is 2.54. The van der Waals surface area contributed by atoms with Crippen molar-refractivity contribution < 1.29 is 4.79 Å². The number of aryl methyl sites for hydroxylation is 1. The first-order valence-electron chi connectivity index (χ1n) is 5.38.